The first kappa shape index (κ1) is 17.0. The Morgan fingerprint density at radius 3 is 2.75 bits per heavy atom. The van der Waals surface area contributed by atoms with Gasteiger partial charge in [-0.2, -0.15) is 0 Å². The fraction of sp³-hybridized carbons (Fsp3) is 0.353. The minimum Gasteiger partial charge on any atom is -0.318 e. The number of carbonyl (C=O) groups excluding carboxylic acids is 2. The number of aromatic nitrogens is 1. The highest BCUT2D eigenvalue weighted by Gasteiger charge is 2.43. The minimum absolute atomic E-state index is 0.187. The van der Waals surface area contributed by atoms with Gasteiger partial charge in [0.15, 0.2) is 5.13 Å². The third-order valence-electron chi connectivity index (χ3n) is 4.04. The van der Waals surface area contributed by atoms with Crippen molar-refractivity contribution in [1.82, 2.24) is 9.88 Å². The number of hydrogen-bond acceptors (Lipinski definition) is 5. The molecule has 0 bridgehead atoms. The number of nitrogens with one attached hydrogen (secondary N) is 1. The van der Waals surface area contributed by atoms with E-state index in [1.54, 1.807) is 16.7 Å². The van der Waals surface area contributed by atoms with Crippen LogP contribution in [0.5, 0.6) is 0 Å². The first-order valence-electron chi connectivity index (χ1n) is 7.64. The molecule has 1 saturated heterocycles. The van der Waals surface area contributed by atoms with Gasteiger partial charge in [-0.3, -0.25) is 9.59 Å². The predicted molar refractivity (Wildman–Crippen MR) is 99.1 cm³/mol. The Labute approximate surface area is 149 Å². The summed E-state index contributed by atoms with van der Waals surface area (Å²) in [6, 6.07) is 9.42. The van der Waals surface area contributed by atoms with E-state index in [1.165, 1.54) is 11.3 Å². The fourth-order valence-corrected chi connectivity index (χ4v) is 4.75. The first-order valence-corrected chi connectivity index (χ1v) is 9.44. The van der Waals surface area contributed by atoms with Gasteiger partial charge in [0.2, 0.25) is 12.3 Å². The lowest BCUT2D eigenvalue weighted by atomic mass is 10.1. The summed E-state index contributed by atoms with van der Waals surface area (Å²) in [6.07, 6.45) is 0.757. The van der Waals surface area contributed by atoms with Gasteiger partial charge in [0.05, 0.1) is 10.6 Å². The first-order chi connectivity index (χ1) is 11.4. The molecule has 0 radical (unpaired) electrons. The maximum atomic E-state index is 12.6. The van der Waals surface area contributed by atoms with Crippen molar-refractivity contribution in [3.05, 3.63) is 35.2 Å². The van der Waals surface area contributed by atoms with Crippen molar-refractivity contribution in [3.63, 3.8) is 0 Å². The fourth-order valence-electron chi connectivity index (χ4n) is 2.72. The Morgan fingerprint density at radius 1 is 1.38 bits per heavy atom. The van der Waals surface area contributed by atoms with E-state index in [2.05, 4.69) is 10.3 Å². The summed E-state index contributed by atoms with van der Waals surface area (Å²) in [6.45, 7) is 5.88. The number of nitrogens with zero attached hydrogens (tertiary/aromatic N) is 2. The highest BCUT2D eigenvalue weighted by atomic mass is 32.2. The number of carbonyl (C=O) groups is 2. The summed E-state index contributed by atoms with van der Waals surface area (Å²) in [7, 11) is 0. The molecule has 3 rings (SSSR count). The molecule has 24 heavy (non-hydrogen) atoms. The molecule has 0 spiro atoms. The summed E-state index contributed by atoms with van der Waals surface area (Å²) in [5, 5.41) is 3.44. The van der Waals surface area contributed by atoms with Gasteiger partial charge in [-0.15, -0.1) is 23.1 Å². The van der Waals surface area contributed by atoms with E-state index in [-0.39, 0.29) is 10.8 Å². The van der Waals surface area contributed by atoms with Crippen molar-refractivity contribution in [2.45, 2.75) is 31.7 Å². The molecule has 5 nitrogen and oxygen atoms in total. The summed E-state index contributed by atoms with van der Waals surface area (Å²) in [5.74, 6) is 0.404. The van der Waals surface area contributed by atoms with Crippen molar-refractivity contribution in [1.29, 1.82) is 0 Å². The van der Waals surface area contributed by atoms with Gasteiger partial charge in [0, 0.05) is 16.2 Å². The second kappa shape index (κ2) is 6.57. The van der Waals surface area contributed by atoms with E-state index in [1.807, 2.05) is 51.1 Å². The number of anilines is 1. The SMILES string of the molecule is Cc1sc(NC(=O)[C@H]2CSC(C)(C)N2C=O)nc1-c1ccccc1. The van der Waals surface area contributed by atoms with Crippen molar-refractivity contribution >= 4 is 40.5 Å². The van der Waals surface area contributed by atoms with Crippen LogP contribution < -0.4 is 5.32 Å². The highest BCUT2D eigenvalue weighted by molar-refractivity contribution is 8.00. The summed E-state index contributed by atoms with van der Waals surface area (Å²) in [5.41, 5.74) is 1.91. The Bertz CT molecular complexity index is 758. The predicted octanol–water partition coefficient (Wildman–Crippen LogP) is 3.37. The van der Waals surface area contributed by atoms with Crippen LogP contribution in [0.25, 0.3) is 11.3 Å². The molecule has 126 valence electrons. The maximum absolute atomic E-state index is 12.6. The molecule has 2 amide bonds. The van der Waals surface area contributed by atoms with Crippen molar-refractivity contribution < 1.29 is 9.59 Å². The van der Waals surface area contributed by atoms with Gasteiger partial charge < -0.3 is 10.2 Å². The zero-order valence-electron chi connectivity index (χ0n) is 13.8. The molecule has 0 aliphatic carbocycles. The van der Waals surface area contributed by atoms with Crippen LogP contribution in [-0.4, -0.2) is 38.9 Å². The molecule has 1 aliphatic rings. The van der Waals surface area contributed by atoms with Gasteiger partial charge in [-0.05, 0) is 20.8 Å². The van der Waals surface area contributed by atoms with Gasteiger partial charge >= 0.3 is 0 Å². The molecule has 2 aromatic rings. The van der Waals surface area contributed by atoms with Gasteiger partial charge in [0.1, 0.15) is 6.04 Å². The Balaban J connectivity index is 1.78. The van der Waals surface area contributed by atoms with E-state index in [0.29, 0.717) is 10.9 Å². The van der Waals surface area contributed by atoms with Crippen molar-refractivity contribution in [2.24, 2.45) is 0 Å². The third kappa shape index (κ3) is 3.18. The number of benzene rings is 1. The van der Waals surface area contributed by atoms with Gasteiger partial charge in [-0.25, -0.2) is 4.98 Å². The molecule has 1 N–H and O–H groups in total. The van der Waals surface area contributed by atoms with Crippen LogP contribution in [0.4, 0.5) is 5.13 Å². The van der Waals surface area contributed by atoms with Gasteiger partial charge in [0.25, 0.3) is 0 Å². The Kier molecular flexibility index (Phi) is 4.64. The van der Waals surface area contributed by atoms with Crippen LogP contribution in [0.15, 0.2) is 30.3 Å². The second-order valence-corrected chi connectivity index (χ2v) is 8.89. The van der Waals surface area contributed by atoms with Crippen molar-refractivity contribution in [2.75, 3.05) is 11.1 Å². The van der Waals surface area contributed by atoms with Gasteiger partial charge in [-0.1, -0.05) is 30.3 Å². The van der Waals surface area contributed by atoms with E-state index in [4.69, 9.17) is 0 Å². The summed E-state index contributed by atoms with van der Waals surface area (Å²) >= 11 is 3.05. The molecule has 1 aliphatic heterocycles. The Hall–Kier alpha value is -1.86. The molecule has 1 fully saturated rings. The number of amides is 2. The number of thiazole rings is 1. The topological polar surface area (TPSA) is 62.3 Å². The smallest absolute Gasteiger partial charge is 0.249 e. The van der Waals surface area contributed by atoms with Crippen LogP contribution in [0, 0.1) is 6.92 Å². The molecule has 1 aromatic carbocycles. The number of rotatable bonds is 4. The van der Waals surface area contributed by atoms with Crippen LogP contribution in [0.2, 0.25) is 0 Å². The average Bonchev–Trinajstić information content (AvgIpc) is 3.07. The van der Waals surface area contributed by atoms with E-state index in [0.717, 1.165) is 22.5 Å². The molecule has 1 aromatic heterocycles. The summed E-state index contributed by atoms with van der Waals surface area (Å²) in [4.78, 5) is 30.7. The molecule has 2 heterocycles. The minimum atomic E-state index is -0.466. The second-order valence-electron chi connectivity index (χ2n) is 6.07. The monoisotopic (exact) mass is 361 g/mol. The standard InChI is InChI=1S/C17H19N3O2S2/c1-11-14(12-7-5-4-6-8-12)18-16(24-11)19-15(22)13-9-23-17(2,3)20(13)10-21/h4-8,10,13H,9H2,1-3H3,(H,18,19,22)/t13-/m1/s1. The molecular weight excluding hydrogens is 342 g/mol. The zero-order valence-corrected chi connectivity index (χ0v) is 15.4. The highest BCUT2D eigenvalue weighted by Crippen LogP contribution is 2.38. The quantitative estimate of drug-likeness (QED) is 0.848. The van der Waals surface area contributed by atoms with Crippen molar-refractivity contribution in [3.8, 4) is 11.3 Å². The summed E-state index contributed by atoms with van der Waals surface area (Å²) < 4.78 is 0. The molecule has 7 heteroatoms. The lowest BCUT2D eigenvalue weighted by Crippen LogP contribution is -2.47. The van der Waals surface area contributed by atoms with Crippen LogP contribution in [0.1, 0.15) is 18.7 Å². The molecule has 0 saturated carbocycles. The van der Waals surface area contributed by atoms with E-state index in [9.17, 15) is 9.59 Å². The number of thioether (sulfide) groups is 1. The molecular formula is C17H19N3O2S2. The van der Waals surface area contributed by atoms with Crippen LogP contribution >= 0.6 is 23.1 Å². The largest absolute Gasteiger partial charge is 0.318 e. The molecule has 1 atom stereocenters. The Morgan fingerprint density at radius 2 is 2.08 bits per heavy atom. The lowest BCUT2D eigenvalue weighted by Gasteiger charge is -2.29. The molecule has 0 unspecified atom stereocenters. The van der Waals surface area contributed by atoms with Crippen LogP contribution in [-0.2, 0) is 9.59 Å². The normalized spacial score (nSPS) is 19.3. The average molecular weight is 361 g/mol. The maximum Gasteiger partial charge on any atom is 0.249 e. The number of hydrogen-bond donors (Lipinski definition) is 1. The third-order valence-corrected chi connectivity index (χ3v) is 6.33. The number of aryl methyl sites for hydroxylation is 1. The van der Waals surface area contributed by atoms with E-state index >= 15 is 0 Å². The van der Waals surface area contributed by atoms with E-state index < -0.39 is 6.04 Å². The van der Waals surface area contributed by atoms with Crippen LogP contribution in [0.3, 0.4) is 0 Å². The zero-order chi connectivity index (χ0) is 17.3. The lowest BCUT2D eigenvalue weighted by molar-refractivity contribution is -0.130.